The number of nitrogens with zero attached hydrogens (tertiary/aromatic N) is 2. The lowest BCUT2D eigenvalue weighted by Gasteiger charge is -2.32. The minimum absolute atomic E-state index is 0.0529. The molecule has 0 atom stereocenters. The number of halogens is 1. The molecule has 1 fully saturated rings. The number of carbonyl (C=O) groups is 1. The molecule has 10 heteroatoms. The topological polar surface area (TPSA) is 110 Å². The van der Waals surface area contributed by atoms with E-state index in [2.05, 4.69) is 4.72 Å². The summed E-state index contributed by atoms with van der Waals surface area (Å²) in [6.45, 7) is 0.729. The third-order valence-corrected chi connectivity index (χ3v) is 6.09. The quantitative estimate of drug-likeness (QED) is 0.604. The van der Waals surface area contributed by atoms with E-state index in [-0.39, 0.29) is 22.5 Å². The van der Waals surface area contributed by atoms with E-state index < -0.39 is 20.8 Å². The maximum absolute atomic E-state index is 13.0. The van der Waals surface area contributed by atoms with E-state index in [1.807, 2.05) is 0 Å². The molecule has 3 rings (SSSR count). The van der Waals surface area contributed by atoms with Gasteiger partial charge in [-0.05, 0) is 49.2 Å². The van der Waals surface area contributed by atoms with E-state index in [0.29, 0.717) is 31.5 Å². The maximum Gasteiger partial charge on any atom is 0.269 e. The van der Waals surface area contributed by atoms with Crippen LogP contribution in [-0.2, 0) is 10.0 Å². The van der Waals surface area contributed by atoms with Crippen molar-refractivity contribution in [2.75, 3.05) is 13.1 Å². The van der Waals surface area contributed by atoms with Crippen LogP contribution in [-0.4, -0.2) is 43.3 Å². The summed E-state index contributed by atoms with van der Waals surface area (Å²) in [5, 5.41) is 10.7. The summed E-state index contributed by atoms with van der Waals surface area (Å²) < 4.78 is 40.5. The summed E-state index contributed by atoms with van der Waals surface area (Å²) in [4.78, 5) is 24.0. The fourth-order valence-electron chi connectivity index (χ4n) is 3.01. The van der Waals surface area contributed by atoms with Gasteiger partial charge in [0.2, 0.25) is 10.0 Å². The molecular weight excluding hydrogens is 389 g/mol. The average Bonchev–Trinajstić information content (AvgIpc) is 2.68. The Kier molecular flexibility index (Phi) is 5.71. The minimum atomic E-state index is -3.81. The first kappa shape index (κ1) is 19.9. The molecule has 8 nitrogen and oxygen atoms in total. The van der Waals surface area contributed by atoms with Gasteiger partial charge in [0.1, 0.15) is 5.82 Å². The second-order valence-corrected chi connectivity index (χ2v) is 8.16. The van der Waals surface area contributed by atoms with Crippen LogP contribution in [0.4, 0.5) is 10.1 Å². The molecule has 0 saturated carbocycles. The highest BCUT2D eigenvalue weighted by Gasteiger charge is 2.27. The van der Waals surface area contributed by atoms with Crippen LogP contribution in [0.2, 0.25) is 0 Å². The van der Waals surface area contributed by atoms with Gasteiger partial charge in [-0.2, -0.15) is 0 Å². The highest BCUT2D eigenvalue weighted by Crippen LogP contribution is 2.19. The van der Waals surface area contributed by atoms with Crippen LogP contribution < -0.4 is 4.72 Å². The Bertz CT molecular complexity index is 969. The average molecular weight is 407 g/mol. The Morgan fingerprint density at radius 3 is 2.18 bits per heavy atom. The number of rotatable bonds is 5. The molecule has 2 aromatic rings. The highest BCUT2D eigenvalue weighted by atomic mass is 32.2. The van der Waals surface area contributed by atoms with Gasteiger partial charge in [-0.15, -0.1) is 0 Å². The van der Waals surface area contributed by atoms with Crippen molar-refractivity contribution in [2.24, 2.45) is 0 Å². The molecule has 0 aromatic heterocycles. The first-order chi connectivity index (χ1) is 13.3. The Morgan fingerprint density at radius 1 is 1.07 bits per heavy atom. The van der Waals surface area contributed by atoms with Crippen LogP contribution >= 0.6 is 0 Å². The number of benzene rings is 2. The maximum atomic E-state index is 13.0. The van der Waals surface area contributed by atoms with Crippen molar-refractivity contribution in [3.63, 3.8) is 0 Å². The number of nitro groups is 1. The molecule has 148 valence electrons. The van der Waals surface area contributed by atoms with Gasteiger partial charge < -0.3 is 4.90 Å². The van der Waals surface area contributed by atoms with Crippen molar-refractivity contribution in [3.8, 4) is 0 Å². The summed E-state index contributed by atoms with van der Waals surface area (Å²) in [6.07, 6.45) is 0.859. The monoisotopic (exact) mass is 407 g/mol. The van der Waals surface area contributed by atoms with E-state index in [4.69, 9.17) is 0 Å². The number of sulfonamides is 1. The number of piperidine rings is 1. The summed E-state index contributed by atoms with van der Waals surface area (Å²) >= 11 is 0. The lowest BCUT2D eigenvalue weighted by molar-refractivity contribution is -0.384. The molecular formula is C18H18FN3O5S. The second-order valence-electron chi connectivity index (χ2n) is 6.45. The summed E-state index contributed by atoms with van der Waals surface area (Å²) in [7, 11) is -3.81. The number of hydrogen-bond donors (Lipinski definition) is 1. The van der Waals surface area contributed by atoms with Gasteiger partial charge >= 0.3 is 0 Å². The molecule has 0 spiro atoms. The number of nitro benzene ring substituents is 1. The number of amides is 1. The van der Waals surface area contributed by atoms with Crippen LogP contribution in [0.25, 0.3) is 0 Å². The molecule has 1 aliphatic heterocycles. The van der Waals surface area contributed by atoms with Crippen molar-refractivity contribution >= 4 is 21.6 Å². The first-order valence-electron chi connectivity index (χ1n) is 8.58. The zero-order valence-electron chi connectivity index (χ0n) is 14.7. The molecule has 0 radical (unpaired) electrons. The Morgan fingerprint density at radius 2 is 1.64 bits per heavy atom. The van der Waals surface area contributed by atoms with Gasteiger partial charge in [0, 0.05) is 36.8 Å². The van der Waals surface area contributed by atoms with Crippen molar-refractivity contribution in [1.82, 2.24) is 9.62 Å². The third-order valence-electron chi connectivity index (χ3n) is 4.55. The van der Waals surface area contributed by atoms with Crippen LogP contribution in [0.5, 0.6) is 0 Å². The third kappa shape index (κ3) is 4.52. The molecule has 0 unspecified atom stereocenters. The number of carbonyl (C=O) groups excluding carboxylic acids is 1. The number of non-ortho nitro benzene ring substituents is 1. The standard InChI is InChI=1S/C18H18FN3O5S/c19-14-3-1-13(2-4-14)18(23)21-11-9-15(10-12-21)20-28(26,27)17-7-5-16(6-8-17)22(24)25/h1-8,15,20H,9-12H2. The predicted molar refractivity (Wildman–Crippen MR) is 98.7 cm³/mol. The van der Waals surface area contributed by atoms with Crippen LogP contribution in [0.15, 0.2) is 53.4 Å². The second kappa shape index (κ2) is 8.03. The van der Waals surface area contributed by atoms with Gasteiger partial charge in [-0.3, -0.25) is 14.9 Å². The smallest absolute Gasteiger partial charge is 0.269 e. The molecule has 1 saturated heterocycles. The lowest BCUT2D eigenvalue weighted by Crippen LogP contribution is -2.46. The van der Waals surface area contributed by atoms with Crippen molar-refractivity contribution in [3.05, 3.63) is 70.0 Å². The first-order valence-corrected chi connectivity index (χ1v) is 10.1. The predicted octanol–water partition coefficient (Wildman–Crippen LogP) is 2.32. The van der Waals surface area contributed by atoms with E-state index in [0.717, 1.165) is 12.1 Å². The van der Waals surface area contributed by atoms with Crippen molar-refractivity contribution in [2.45, 2.75) is 23.8 Å². The highest BCUT2D eigenvalue weighted by molar-refractivity contribution is 7.89. The van der Waals surface area contributed by atoms with Gasteiger partial charge in [-0.25, -0.2) is 17.5 Å². The fraction of sp³-hybridized carbons (Fsp3) is 0.278. The van der Waals surface area contributed by atoms with Crippen LogP contribution in [0.1, 0.15) is 23.2 Å². The van der Waals surface area contributed by atoms with Gasteiger partial charge in [-0.1, -0.05) is 0 Å². The largest absolute Gasteiger partial charge is 0.339 e. The summed E-state index contributed by atoms with van der Waals surface area (Å²) in [5.74, 6) is -0.646. The number of hydrogen-bond acceptors (Lipinski definition) is 5. The van der Waals surface area contributed by atoms with E-state index in [9.17, 15) is 27.7 Å². The summed E-state index contributed by atoms with van der Waals surface area (Å²) in [5.41, 5.74) is 0.192. The van der Waals surface area contributed by atoms with E-state index in [1.165, 1.54) is 36.4 Å². The zero-order chi connectivity index (χ0) is 20.3. The molecule has 1 N–H and O–H groups in total. The minimum Gasteiger partial charge on any atom is -0.339 e. The molecule has 28 heavy (non-hydrogen) atoms. The Labute approximate surface area is 161 Å². The zero-order valence-corrected chi connectivity index (χ0v) is 15.6. The normalized spacial score (nSPS) is 15.4. The Balaban J connectivity index is 1.59. The molecule has 0 bridgehead atoms. The fourth-order valence-corrected chi connectivity index (χ4v) is 4.31. The lowest BCUT2D eigenvalue weighted by atomic mass is 10.0. The molecule has 1 heterocycles. The van der Waals surface area contributed by atoms with Crippen molar-refractivity contribution in [1.29, 1.82) is 0 Å². The van der Waals surface area contributed by atoms with Crippen molar-refractivity contribution < 1.29 is 22.5 Å². The van der Waals surface area contributed by atoms with E-state index in [1.54, 1.807) is 4.90 Å². The molecule has 2 aromatic carbocycles. The van der Waals surface area contributed by atoms with Gasteiger partial charge in [0.15, 0.2) is 0 Å². The summed E-state index contributed by atoms with van der Waals surface area (Å²) in [6, 6.07) is 9.58. The SMILES string of the molecule is O=C(c1ccc(F)cc1)N1CCC(NS(=O)(=O)c2ccc([N+](=O)[O-])cc2)CC1. The molecule has 0 aliphatic carbocycles. The van der Waals surface area contributed by atoms with Gasteiger partial charge in [0.25, 0.3) is 11.6 Å². The van der Waals surface area contributed by atoms with E-state index >= 15 is 0 Å². The Hall–Kier alpha value is -2.85. The molecule has 1 amide bonds. The number of likely N-dealkylation sites (tertiary alicyclic amines) is 1. The number of nitrogens with one attached hydrogen (secondary N) is 1. The molecule has 1 aliphatic rings. The van der Waals surface area contributed by atoms with Crippen LogP contribution in [0, 0.1) is 15.9 Å². The van der Waals surface area contributed by atoms with Gasteiger partial charge in [0.05, 0.1) is 9.82 Å². The van der Waals surface area contributed by atoms with Crippen LogP contribution in [0.3, 0.4) is 0 Å².